The number of hydrogen-bond acceptors (Lipinski definition) is 6. The lowest BCUT2D eigenvalue weighted by atomic mass is 9.95. The maximum atomic E-state index is 13.2. The lowest BCUT2D eigenvalue weighted by Gasteiger charge is -2.24. The monoisotopic (exact) mass is 380 g/mol. The summed E-state index contributed by atoms with van der Waals surface area (Å²) in [6.45, 7) is 1.88. The first kappa shape index (κ1) is 18.1. The average Bonchev–Trinajstić information content (AvgIpc) is 3.02. The predicted molar refractivity (Wildman–Crippen MR) is 99.9 cm³/mol. The molecule has 0 saturated heterocycles. The van der Waals surface area contributed by atoms with Crippen molar-refractivity contribution in [2.75, 3.05) is 5.32 Å². The average molecular weight is 381 g/mol. The third-order valence-electron chi connectivity index (χ3n) is 4.08. The van der Waals surface area contributed by atoms with Crippen molar-refractivity contribution in [1.29, 1.82) is 0 Å². The Morgan fingerprint density at radius 1 is 1.32 bits per heavy atom. The molecule has 3 rings (SSSR count). The van der Waals surface area contributed by atoms with Gasteiger partial charge in [0.2, 0.25) is 11.0 Å². The van der Waals surface area contributed by atoms with Crippen LogP contribution in [0.15, 0.2) is 28.6 Å². The Bertz CT molecular complexity index is 718. The van der Waals surface area contributed by atoms with Gasteiger partial charge in [0.05, 0.1) is 5.25 Å². The van der Waals surface area contributed by atoms with E-state index in [-0.39, 0.29) is 17.0 Å². The number of nitrogens with one attached hydrogen (secondary N) is 2. The number of anilines is 2. The minimum atomic E-state index is -0.308. The summed E-state index contributed by atoms with van der Waals surface area (Å²) >= 11 is 2.75. The first-order valence-corrected chi connectivity index (χ1v) is 10.1. The number of amides is 1. The normalized spacial score (nSPS) is 16.4. The van der Waals surface area contributed by atoms with Crippen molar-refractivity contribution in [3.05, 3.63) is 30.1 Å². The summed E-state index contributed by atoms with van der Waals surface area (Å²) in [5.74, 6) is -0.260. The fourth-order valence-corrected chi connectivity index (χ4v) is 4.69. The van der Waals surface area contributed by atoms with E-state index in [4.69, 9.17) is 0 Å². The van der Waals surface area contributed by atoms with Crippen molar-refractivity contribution in [3.63, 3.8) is 0 Å². The van der Waals surface area contributed by atoms with E-state index >= 15 is 0 Å². The van der Waals surface area contributed by atoms with Gasteiger partial charge in [0, 0.05) is 11.7 Å². The Kier molecular flexibility index (Phi) is 6.25. The van der Waals surface area contributed by atoms with Crippen LogP contribution in [0.2, 0.25) is 0 Å². The topological polar surface area (TPSA) is 66.9 Å². The van der Waals surface area contributed by atoms with E-state index in [0.29, 0.717) is 21.2 Å². The molecule has 8 heteroatoms. The highest BCUT2D eigenvalue weighted by Crippen LogP contribution is 2.30. The number of carbonyl (C=O) groups excluding carboxylic acids is 1. The third-order valence-corrected chi connectivity index (χ3v) is 6.10. The lowest BCUT2D eigenvalue weighted by Crippen LogP contribution is -2.40. The van der Waals surface area contributed by atoms with Crippen molar-refractivity contribution in [2.24, 2.45) is 0 Å². The van der Waals surface area contributed by atoms with Crippen LogP contribution in [0.3, 0.4) is 0 Å². The summed E-state index contributed by atoms with van der Waals surface area (Å²) < 4.78 is 13.9. The molecule has 2 aromatic rings. The summed E-state index contributed by atoms with van der Waals surface area (Å²) in [7, 11) is 0. The van der Waals surface area contributed by atoms with Crippen LogP contribution in [-0.4, -0.2) is 27.4 Å². The highest BCUT2D eigenvalue weighted by Gasteiger charge is 2.21. The minimum absolute atomic E-state index is 0.0479. The van der Waals surface area contributed by atoms with Crippen LogP contribution in [0.25, 0.3) is 0 Å². The summed E-state index contributed by atoms with van der Waals surface area (Å²) in [6.07, 6.45) is 5.80. The Balaban J connectivity index is 1.52. The van der Waals surface area contributed by atoms with E-state index in [2.05, 4.69) is 20.8 Å². The highest BCUT2D eigenvalue weighted by atomic mass is 32.2. The number of rotatable bonds is 6. The van der Waals surface area contributed by atoms with Gasteiger partial charge in [-0.3, -0.25) is 4.79 Å². The zero-order valence-electron chi connectivity index (χ0n) is 14.0. The molecule has 1 amide bonds. The Morgan fingerprint density at radius 2 is 2.12 bits per heavy atom. The molecule has 0 spiro atoms. The molecule has 1 heterocycles. The van der Waals surface area contributed by atoms with Gasteiger partial charge in [-0.1, -0.05) is 48.4 Å². The van der Waals surface area contributed by atoms with Crippen LogP contribution in [0.5, 0.6) is 0 Å². The Labute approximate surface area is 154 Å². The molecule has 0 bridgehead atoms. The molecule has 1 aromatic heterocycles. The zero-order chi connectivity index (χ0) is 17.6. The molecule has 2 N–H and O–H groups in total. The maximum absolute atomic E-state index is 13.2. The molecule has 1 aliphatic rings. The fraction of sp³-hybridized carbons (Fsp3) is 0.471. The van der Waals surface area contributed by atoms with Gasteiger partial charge in [0.15, 0.2) is 4.34 Å². The first-order valence-electron chi connectivity index (χ1n) is 8.43. The molecule has 134 valence electrons. The van der Waals surface area contributed by atoms with Gasteiger partial charge >= 0.3 is 0 Å². The second kappa shape index (κ2) is 8.62. The van der Waals surface area contributed by atoms with Gasteiger partial charge < -0.3 is 10.6 Å². The van der Waals surface area contributed by atoms with Crippen LogP contribution in [0.1, 0.15) is 39.0 Å². The summed E-state index contributed by atoms with van der Waals surface area (Å²) in [5, 5.41) is 14.7. The summed E-state index contributed by atoms with van der Waals surface area (Å²) in [6, 6.07) is 6.49. The Morgan fingerprint density at radius 3 is 2.88 bits per heavy atom. The lowest BCUT2D eigenvalue weighted by molar-refractivity contribution is -0.121. The van der Waals surface area contributed by atoms with Gasteiger partial charge in [-0.05, 0) is 38.0 Å². The molecule has 0 aliphatic heterocycles. The molecule has 1 fully saturated rings. The number of halogens is 1. The van der Waals surface area contributed by atoms with Crippen molar-refractivity contribution in [3.8, 4) is 0 Å². The molecule has 25 heavy (non-hydrogen) atoms. The van der Waals surface area contributed by atoms with Crippen molar-refractivity contribution in [1.82, 2.24) is 15.5 Å². The van der Waals surface area contributed by atoms with Gasteiger partial charge in [-0.2, -0.15) is 0 Å². The molecule has 5 nitrogen and oxygen atoms in total. The molecule has 0 unspecified atom stereocenters. The highest BCUT2D eigenvalue weighted by molar-refractivity contribution is 8.02. The van der Waals surface area contributed by atoms with E-state index in [1.807, 2.05) is 6.92 Å². The minimum Gasteiger partial charge on any atom is -0.352 e. The molecular weight excluding hydrogens is 359 g/mol. The number of aromatic nitrogens is 2. The van der Waals surface area contributed by atoms with E-state index in [1.54, 1.807) is 12.1 Å². The first-order chi connectivity index (χ1) is 12.1. The number of thioether (sulfide) groups is 1. The molecule has 1 atom stereocenters. The molecule has 1 aromatic carbocycles. The second-order valence-corrected chi connectivity index (χ2v) is 8.68. The molecular formula is C17H21FN4OS2. The number of hydrogen-bond donors (Lipinski definition) is 2. The van der Waals surface area contributed by atoms with E-state index in [1.165, 1.54) is 54.5 Å². The SMILES string of the molecule is C[C@H](Sc1nnc(Nc2cccc(F)c2)s1)C(=O)NC1CCCCC1. The van der Waals surface area contributed by atoms with Crippen LogP contribution in [0.4, 0.5) is 15.2 Å². The van der Waals surface area contributed by atoms with Gasteiger partial charge in [-0.15, -0.1) is 10.2 Å². The number of benzene rings is 1. The predicted octanol–water partition coefficient (Wildman–Crippen LogP) is 4.35. The summed E-state index contributed by atoms with van der Waals surface area (Å²) in [4.78, 5) is 12.3. The molecule has 1 saturated carbocycles. The van der Waals surface area contributed by atoms with Crippen molar-refractivity contribution >= 4 is 39.8 Å². The molecule has 1 aliphatic carbocycles. The Hall–Kier alpha value is -1.67. The maximum Gasteiger partial charge on any atom is 0.233 e. The number of carbonyl (C=O) groups is 1. The van der Waals surface area contributed by atoms with Crippen LogP contribution in [-0.2, 0) is 4.79 Å². The summed E-state index contributed by atoms with van der Waals surface area (Å²) in [5.41, 5.74) is 0.621. The molecule has 0 radical (unpaired) electrons. The van der Waals surface area contributed by atoms with E-state index < -0.39 is 0 Å². The smallest absolute Gasteiger partial charge is 0.233 e. The van der Waals surface area contributed by atoms with E-state index in [0.717, 1.165) is 12.8 Å². The zero-order valence-corrected chi connectivity index (χ0v) is 15.6. The van der Waals surface area contributed by atoms with E-state index in [9.17, 15) is 9.18 Å². The largest absolute Gasteiger partial charge is 0.352 e. The second-order valence-electron chi connectivity index (χ2n) is 6.11. The third kappa shape index (κ3) is 5.40. The van der Waals surface area contributed by atoms with Crippen molar-refractivity contribution in [2.45, 2.75) is 54.7 Å². The van der Waals surface area contributed by atoms with Crippen LogP contribution < -0.4 is 10.6 Å². The van der Waals surface area contributed by atoms with Gasteiger partial charge in [0.1, 0.15) is 5.82 Å². The number of nitrogens with zero attached hydrogens (tertiary/aromatic N) is 2. The quantitative estimate of drug-likeness (QED) is 0.729. The van der Waals surface area contributed by atoms with Gasteiger partial charge in [0.25, 0.3) is 0 Å². The van der Waals surface area contributed by atoms with Gasteiger partial charge in [-0.25, -0.2) is 4.39 Å². The van der Waals surface area contributed by atoms with Crippen molar-refractivity contribution < 1.29 is 9.18 Å². The van der Waals surface area contributed by atoms with Crippen LogP contribution >= 0.6 is 23.1 Å². The standard InChI is InChI=1S/C17H21FN4OS2/c1-11(15(23)19-13-7-3-2-4-8-13)24-17-22-21-16(25-17)20-14-9-5-6-12(18)10-14/h5-6,9-11,13H,2-4,7-8H2,1H3,(H,19,23)(H,20,21)/t11-/m0/s1. The van der Waals surface area contributed by atoms with Crippen LogP contribution in [0, 0.1) is 5.82 Å². The fourth-order valence-electron chi connectivity index (χ4n) is 2.77.